The van der Waals surface area contributed by atoms with Crippen LogP contribution in [0.4, 0.5) is 0 Å². The van der Waals surface area contributed by atoms with Gasteiger partial charge in [0, 0.05) is 30.6 Å². The number of carbonyl (C=O) groups is 1. The Morgan fingerprint density at radius 3 is 2.31 bits per heavy atom. The molecular formula is C28H37ClN4O2. The van der Waals surface area contributed by atoms with Crippen LogP contribution < -0.4 is 16.2 Å². The average Bonchev–Trinajstić information content (AvgIpc) is 3.39. The van der Waals surface area contributed by atoms with Gasteiger partial charge in [-0.25, -0.2) is 0 Å². The van der Waals surface area contributed by atoms with Gasteiger partial charge in [0.15, 0.2) is 5.96 Å². The Hall–Kier alpha value is -2.73. The Labute approximate surface area is 213 Å². The van der Waals surface area contributed by atoms with Crippen molar-refractivity contribution in [2.45, 2.75) is 57.9 Å². The van der Waals surface area contributed by atoms with E-state index in [2.05, 4.69) is 16.0 Å². The lowest BCUT2D eigenvalue weighted by Crippen LogP contribution is -2.39. The number of ether oxygens (including phenoxy) is 1. The fourth-order valence-corrected chi connectivity index (χ4v) is 5.50. The molecule has 0 radical (unpaired) electrons. The van der Waals surface area contributed by atoms with E-state index in [4.69, 9.17) is 27.8 Å². The van der Waals surface area contributed by atoms with Crippen LogP contribution in [-0.4, -0.2) is 29.9 Å². The zero-order valence-corrected chi connectivity index (χ0v) is 21.1. The van der Waals surface area contributed by atoms with Crippen molar-refractivity contribution in [1.29, 1.82) is 0 Å². The molecule has 0 aliphatic heterocycles. The van der Waals surface area contributed by atoms with Crippen LogP contribution in [0.3, 0.4) is 0 Å². The summed E-state index contributed by atoms with van der Waals surface area (Å²) >= 11 is 5.99. The van der Waals surface area contributed by atoms with E-state index in [1.165, 1.54) is 0 Å². The van der Waals surface area contributed by atoms with E-state index in [0.717, 1.165) is 75.0 Å². The number of amides is 1. The largest absolute Gasteiger partial charge is 0.457 e. The molecule has 35 heavy (non-hydrogen) atoms. The first kappa shape index (κ1) is 25.4. The Morgan fingerprint density at radius 2 is 1.63 bits per heavy atom. The van der Waals surface area contributed by atoms with Gasteiger partial charge < -0.3 is 21.1 Å². The van der Waals surface area contributed by atoms with Gasteiger partial charge in [-0.2, -0.15) is 0 Å². The fraction of sp³-hybridized carbons (Fsp3) is 0.500. The van der Waals surface area contributed by atoms with E-state index in [0.29, 0.717) is 35.9 Å². The van der Waals surface area contributed by atoms with Gasteiger partial charge in [0.1, 0.15) is 11.5 Å². The third-order valence-electron chi connectivity index (χ3n) is 7.31. The summed E-state index contributed by atoms with van der Waals surface area (Å²) in [5, 5.41) is 0.678. The highest BCUT2D eigenvalue weighted by Gasteiger charge is 2.30. The summed E-state index contributed by atoms with van der Waals surface area (Å²) in [7, 11) is 0. The number of halogens is 1. The summed E-state index contributed by atoms with van der Waals surface area (Å²) in [5.41, 5.74) is 12.1. The number of nitrogens with zero attached hydrogens (tertiary/aromatic N) is 2. The summed E-state index contributed by atoms with van der Waals surface area (Å²) in [5.74, 6) is 3.21. The number of carbonyl (C=O) groups excluding carboxylic acids is 1. The second kappa shape index (κ2) is 12.3. The van der Waals surface area contributed by atoms with Crippen molar-refractivity contribution in [3.63, 3.8) is 0 Å². The van der Waals surface area contributed by atoms with Gasteiger partial charge in [0.2, 0.25) is 5.91 Å². The Balaban J connectivity index is 1.41. The molecule has 2 aromatic carbocycles. The molecule has 2 aliphatic rings. The normalized spacial score (nSPS) is 20.4. The molecule has 0 aromatic heterocycles. The minimum Gasteiger partial charge on any atom is -0.457 e. The van der Waals surface area contributed by atoms with Crippen molar-refractivity contribution in [2.75, 3.05) is 13.1 Å². The minimum atomic E-state index is 0.168. The summed E-state index contributed by atoms with van der Waals surface area (Å²) < 4.78 is 6.03. The Kier molecular flexibility index (Phi) is 8.91. The molecule has 0 unspecified atom stereocenters. The summed E-state index contributed by atoms with van der Waals surface area (Å²) in [6, 6.07) is 15.4. The topological polar surface area (TPSA) is 93.9 Å². The predicted octanol–water partition coefficient (Wildman–Crippen LogP) is 5.73. The molecule has 4 N–H and O–H groups in total. The smallest absolute Gasteiger partial charge is 0.225 e. The van der Waals surface area contributed by atoms with E-state index < -0.39 is 0 Å². The van der Waals surface area contributed by atoms with Gasteiger partial charge in [0.25, 0.3) is 0 Å². The number of hydrogen-bond acceptors (Lipinski definition) is 3. The Morgan fingerprint density at radius 1 is 0.943 bits per heavy atom. The van der Waals surface area contributed by atoms with Gasteiger partial charge in [-0.3, -0.25) is 9.79 Å². The highest BCUT2D eigenvalue weighted by molar-refractivity contribution is 6.30. The van der Waals surface area contributed by atoms with Crippen molar-refractivity contribution in [2.24, 2.45) is 34.2 Å². The molecule has 2 fully saturated rings. The van der Waals surface area contributed by atoms with Crippen LogP contribution in [-0.2, 0) is 11.3 Å². The van der Waals surface area contributed by atoms with Crippen molar-refractivity contribution in [3.8, 4) is 11.5 Å². The van der Waals surface area contributed by atoms with Crippen molar-refractivity contribution >= 4 is 23.5 Å². The molecule has 2 saturated carbocycles. The van der Waals surface area contributed by atoms with Crippen LogP contribution in [0, 0.1) is 17.8 Å². The van der Waals surface area contributed by atoms with Crippen molar-refractivity contribution < 1.29 is 9.53 Å². The molecule has 0 heterocycles. The standard InChI is InChI=1S/C28H37ClN4O2/c29-24-12-14-25(15-13-24)35-26-7-3-4-22(16-26)19-33(27(34)23-5-1-2-6-23)18-21-10-8-20(9-11-21)17-32-28(30)31/h3-4,7,12-16,20-21,23H,1-2,5-6,8-11,17-19H2,(H4,30,31,32). The molecule has 0 bridgehead atoms. The molecule has 1 amide bonds. The number of aliphatic imine (C=N–C) groups is 1. The lowest BCUT2D eigenvalue weighted by atomic mass is 9.81. The molecule has 7 heteroatoms. The van der Waals surface area contributed by atoms with Gasteiger partial charge >= 0.3 is 0 Å². The number of guanidine groups is 1. The second-order valence-electron chi connectivity index (χ2n) is 10.1. The second-order valence-corrected chi connectivity index (χ2v) is 10.5. The van der Waals surface area contributed by atoms with Crippen LogP contribution in [0.5, 0.6) is 11.5 Å². The van der Waals surface area contributed by atoms with E-state index in [9.17, 15) is 4.79 Å². The predicted molar refractivity (Wildman–Crippen MR) is 141 cm³/mol. The quantitative estimate of drug-likeness (QED) is 0.342. The molecule has 2 aromatic rings. The third-order valence-corrected chi connectivity index (χ3v) is 7.57. The maximum Gasteiger partial charge on any atom is 0.225 e. The lowest BCUT2D eigenvalue weighted by molar-refractivity contribution is -0.136. The molecule has 6 nitrogen and oxygen atoms in total. The molecule has 0 spiro atoms. The molecule has 188 valence electrons. The van der Waals surface area contributed by atoms with E-state index in [1.807, 2.05) is 42.5 Å². The maximum atomic E-state index is 13.5. The van der Waals surface area contributed by atoms with Crippen LogP contribution in [0.1, 0.15) is 56.9 Å². The fourth-order valence-electron chi connectivity index (χ4n) is 5.37. The average molecular weight is 497 g/mol. The molecule has 4 rings (SSSR count). The molecule has 0 atom stereocenters. The zero-order valence-electron chi connectivity index (χ0n) is 20.4. The van der Waals surface area contributed by atoms with Crippen molar-refractivity contribution in [1.82, 2.24) is 4.90 Å². The third kappa shape index (κ3) is 7.63. The molecular weight excluding hydrogens is 460 g/mol. The molecule has 2 aliphatic carbocycles. The Bertz CT molecular complexity index is 992. The summed E-state index contributed by atoms with van der Waals surface area (Å²) in [6.45, 7) is 2.13. The van der Waals surface area contributed by atoms with Crippen LogP contribution in [0.2, 0.25) is 5.02 Å². The number of rotatable bonds is 9. The monoisotopic (exact) mass is 496 g/mol. The summed E-state index contributed by atoms with van der Waals surface area (Å²) in [6.07, 6.45) is 8.78. The van der Waals surface area contributed by atoms with Gasteiger partial charge in [-0.1, -0.05) is 36.6 Å². The SMILES string of the molecule is NC(N)=NCC1CCC(CN(Cc2cccc(Oc3ccc(Cl)cc3)c2)C(=O)C2CCCC2)CC1. The van der Waals surface area contributed by atoms with Gasteiger partial charge in [0.05, 0.1) is 0 Å². The van der Waals surface area contributed by atoms with Crippen molar-refractivity contribution in [3.05, 3.63) is 59.1 Å². The zero-order chi connectivity index (χ0) is 24.6. The van der Waals surface area contributed by atoms with Crippen LogP contribution >= 0.6 is 11.6 Å². The minimum absolute atomic E-state index is 0.168. The van der Waals surface area contributed by atoms with Gasteiger partial charge in [-0.15, -0.1) is 0 Å². The number of benzene rings is 2. The van der Waals surface area contributed by atoms with Gasteiger partial charge in [-0.05, 0) is 92.3 Å². The van der Waals surface area contributed by atoms with Crippen LogP contribution in [0.25, 0.3) is 0 Å². The summed E-state index contributed by atoms with van der Waals surface area (Å²) in [4.78, 5) is 19.8. The lowest BCUT2D eigenvalue weighted by Gasteiger charge is -2.33. The molecule has 0 saturated heterocycles. The highest BCUT2D eigenvalue weighted by Crippen LogP contribution is 2.33. The number of hydrogen-bond donors (Lipinski definition) is 2. The van der Waals surface area contributed by atoms with Crippen LogP contribution in [0.15, 0.2) is 53.5 Å². The first-order valence-corrected chi connectivity index (χ1v) is 13.2. The first-order valence-electron chi connectivity index (χ1n) is 12.8. The number of nitrogens with two attached hydrogens (primary N) is 2. The first-order chi connectivity index (χ1) is 17.0. The maximum absolute atomic E-state index is 13.5. The van der Waals surface area contributed by atoms with E-state index in [-0.39, 0.29) is 11.9 Å². The highest BCUT2D eigenvalue weighted by atomic mass is 35.5. The van der Waals surface area contributed by atoms with E-state index in [1.54, 1.807) is 0 Å². The van der Waals surface area contributed by atoms with E-state index >= 15 is 0 Å².